The van der Waals surface area contributed by atoms with Crippen LogP contribution in [0.15, 0.2) is 24.3 Å². The van der Waals surface area contributed by atoms with E-state index in [1.807, 2.05) is 32.6 Å². The summed E-state index contributed by atoms with van der Waals surface area (Å²) in [5.74, 6) is -1.90. The summed E-state index contributed by atoms with van der Waals surface area (Å²) in [5, 5.41) is 3.65. The van der Waals surface area contributed by atoms with Gasteiger partial charge in [0.2, 0.25) is 5.91 Å². The van der Waals surface area contributed by atoms with Crippen molar-refractivity contribution < 1.29 is 33.5 Å². The number of hydrogen-bond acceptors (Lipinski definition) is 9. The molecule has 1 aliphatic heterocycles. The molecule has 1 aliphatic rings. The molecule has 12 heteroatoms. The molecule has 12 nitrogen and oxygen atoms in total. The topological polar surface area (TPSA) is 121 Å². The van der Waals surface area contributed by atoms with E-state index in [4.69, 9.17) is 14.3 Å². The number of esters is 1. The summed E-state index contributed by atoms with van der Waals surface area (Å²) in [7, 11) is 0. The van der Waals surface area contributed by atoms with Crippen molar-refractivity contribution in [1.82, 2.24) is 19.8 Å². The van der Waals surface area contributed by atoms with E-state index in [1.54, 1.807) is 24.3 Å². The third-order valence-corrected chi connectivity index (χ3v) is 6.22. The molecular weight excluding hydrogens is 494 g/mol. The number of amides is 3. The summed E-state index contributed by atoms with van der Waals surface area (Å²) in [6, 6.07) is 6.41. The van der Waals surface area contributed by atoms with Crippen molar-refractivity contribution in [3.63, 3.8) is 0 Å². The largest absolute Gasteiger partial charge is 0.494 e. The van der Waals surface area contributed by atoms with Crippen LogP contribution in [0.1, 0.15) is 41.0 Å². The number of cyclic esters (lactones) is 1. The van der Waals surface area contributed by atoms with Gasteiger partial charge in [0, 0.05) is 25.7 Å². The SMILES string of the molecule is CCN(CC)CCN1OC(=O)C(=O)OC(CN(CC)CC)N(CCCOc2ccc(NC(C)=O)cc2)C1=O. The Bertz CT molecular complexity index is 919. The van der Waals surface area contributed by atoms with E-state index in [0.29, 0.717) is 37.5 Å². The lowest BCUT2D eigenvalue weighted by atomic mass is 10.3. The van der Waals surface area contributed by atoms with Crippen molar-refractivity contribution in [3.05, 3.63) is 24.3 Å². The minimum atomic E-state index is -1.21. The van der Waals surface area contributed by atoms with Crippen LogP contribution in [0, 0.1) is 0 Å². The first-order chi connectivity index (χ1) is 18.2. The van der Waals surface area contributed by atoms with Crippen LogP contribution in [0.5, 0.6) is 5.75 Å². The van der Waals surface area contributed by atoms with Crippen molar-refractivity contribution in [1.29, 1.82) is 0 Å². The fourth-order valence-corrected chi connectivity index (χ4v) is 3.93. The lowest BCUT2D eigenvalue weighted by molar-refractivity contribution is -0.206. The summed E-state index contributed by atoms with van der Waals surface area (Å²) in [6.07, 6.45) is -0.529. The Hall–Kier alpha value is -3.38. The maximum Gasteiger partial charge on any atom is 0.441 e. The predicted molar refractivity (Wildman–Crippen MR) is 141 cm³/mol. The maximum absolute atomic E-state index is 13.6. The molecule has 1 aromatic carbocycles. The number of carbonyl (C=O) groups is 4. The van der Waals surface area contributed by atoms with E-state index in [-0.39, 0.29) is 32.1 Å². The molecule has 1 unspecified atom stereocenters. The van der Waals surface area contributed by atoms with Gasteiger partial charge in [-0.15, -0.1) is 0 Å². The molecule has 0 saturated carbocycles. The average Bonchev–Trinajstić information content (AvgIpc) is 2.90. The smallest absolute Gasteiger partial charge is 0.441 e. The minimum absolute atomic E-state index is 0.116. The number of rotatable bonds is 15. The first-order valence-electron chi connectivity index (χ1n) is 13.2. The fourth-order valence-electron chi connectivity index (χ4n) is 3.93. The van der Waals surface area contributed by atoms with Gasteiger partial charge in [-0.25, -0.2) is 14.4 Å². The zero-order valence-electron chi connectivity index (χ0n) is 23.1. The van der Waals surface area contributed by atoms with Crippen LogP contribution in [0.2, 0.25) is 0 Å². The molecule has 3 amide bonds. The number of urea groups is 1. The molecule has 2 rings (SSSR count). The molecule has 38 heavy (non-hydrogen) atoms. The number of hydrogen-bond donors (Lipinski definition) is 1. The second-order valence-corrected chi connectivity index (χ2v) is 8.74. The molecule has 0 aromatic heterocycles. The van der Waals surface area contributed by atoms with Crippen LogP contribution >= 0.6 is 0 Å². The highest BCUT2D eigenvalue weighted by atomic mass is 16.7. The summed E-state index contributed by atoms with van der Waals surface area (Å²) < 4.78 is 11.2. The van der Waals surface area contributed by atoms with Gasteiger partial charge in [-0.2, -0.15) is 5.06 Å². The lowest BCUT2D eigenvalue weighted by Crippen LogP contribution is -2.58. The molecule has 0 aliphatic carbocycles. The number of nitrogens with zero attached hydrogens (tertiary/aromatic N) is 4. The predicted octanol–water partition coefficient (Wildman–Crippen LogP) is 2.16. The number of ether oxygens (including phenoxy) is 2. The Balaban J connectivity index is 2.14. The standard InChI is InChI=1S/C26H41N5O7/c1-6-28(7-2)16-17-31-26(35)30(23(19-29(8-3)9-4)37-24(33)25(34)38-31)15-10-18-36-22-13-11-21(12-14-22)27-20(5)32/h11-14,23H,6-10,15-19H2,1-5H3,(H,27,32). The van der Waals surface area contributed by atoms with E-state index in [2.05, 4.69) is 10.2 Å². The second-order valence-electron chi connectivity index (χ2n) is 8.74. The van der Waals surface area contributed by atoms with E-state index in [0.717, 1.165) is 18.2 Å². The first kappa shape index (κ1) is 30.8. The Morgan fingerprint density at radius 3 is 2.16 bits per heavy atom. The average molecular weight is 536 g/mol. The molecule has 212 valence electrons. The maximum atomic E-state index is 13.6. The van der Waals surface area contributed by atoms with Gasteiger partial charge in [0.25, 0.3) is 0 Å². The Morgan fingerprint density at radius 1 is 0.947 bits per heavy atom. The normalized spacial score (nSPS) is 16.3. The van der Waals surface area contributed by atoms with Gasteiger partial charge < -0.3 is 24.5 Å². The summed E-state index contributed by atoms with van der Waals surface area (Å²) in [4.78, 5) is 60.2. The van der Waals surface area contributed by atoms with E-state index >= 15 is 0 Å². The second kappa shape index (κ2) is 15.8. The van der Waals surface area contributed by atoms with Crippen molar-refractivity contribution in [3.8, 4) is 5.75 Å². The summed E-state index contributed by atoms with van der Waals surface area (Å²) in [6.45, 7) is 13.6. The monoisotopic (exact) mass is 535 g/mol. The van der Waals surface area contributed by atoms with Gasteiger partial charge in [0.15, 0.2) is 6.23 Å². The van der Waals surface area contributed by atoms with E-state index in [9.17, 15) is 19.2 Å². The van der Waals surface area contributed by atoms with E-state index in [1.165, 1.54) is 11.8 Å². The zero-order chi connectivity index (χ0) is 28.1. The lowest BCUT2D eigenvalue weighted by Gasteiger charge is -2.38. The molecule has 0 spiro atoms. The van der Waals surface area contributed by atoms with Gasteiger partial charge in [0.1, 0.15) is 5.75 Å². The highest BCUT2D eigenvalue weighted by Crippen LogP contribution is 2.18. The molecule has 1 fully saturated rings. The Labute approximate surface area is 224 Å². The quantitative estimate of drug-likeness (QED) is 0.205. The number of nitrogens with one attached hydrogen (secondary N) is 1. The number of hydroxylamine groups is 2. The molecule has 1 aromatic rings. The minimum Gasteiger partial charge on any atom is -0.494 e. The van der Waals surface area contributed by atoms with Gasteiger partial charge in [-0.05, 0) is 56.9 Å². The number of benzene rings is 1. The van der Waals surface area contributed by atoms with Crippen molar-refractivity contribution in [2.75, 3.05) is 64.3 Å². The molecule has 1 atom stereocenters. The van der Waals surface area contributed by atoms with Gasteiger partial charge >= 0.3 is 18.0 Å². The summed E-state index contributed by atoms with van der Waals surface area (Å²) >= 11 is 0. The molecule has 0 bridgehead atoms. The molecule has 1 saturated heterocycles. The van der Waals surface area contributed by atoms with E-state index < -0.39 is 24.2 Å². The van der Waals surface area contributed by atoms with Crippen LogP contribution < -0.4 is 10.1 Å². The zero-order valence-corrected chi connectivity index (χ0v) is 23.1. The summed E-state index contributed by atoms with van der Waals surface area (Å²) in [5.41, 5.74) is 0.663. The third-order valence-electron chi connectivity index (χ3n) is 6.22. The number of anilines is 1. The van der Waals surface area contributed by atoms with Crippen molar-refractivity contribution in [2.24, 2.45) is 0 Å². The Morgan fingerprint density at radius 2 is 1.58 bits per heavy atom. The van der Waals surface area contributed by atoms with Crippen molar-refractivity contribution in [2.45, 2.75) is 47.3 Å². The molecule has 0 radical (unpaired) electrons. The van der Waals surface area contributed by atoms with Crippen LogP contribution in [0.4, 0.5) is 10.5 Å². The van der Waals surface area contributed by atoms with Gasteiger partial charge in [-0.3, -0.25) is 14.6 Å². The molecule has 1 heterocycles. The fraction of sp³-hybridized carbons (Fsp3) is 0.615. The van der Waals surface area contributed by atoms with Crippen molar-refractivity contribution >= 4 is 29.6 Å². The van der Waals surface area contributed by atoms with Crippen LogP contribution in [0.25, 0.3) is 0 Å². The first-order valence-corrected chi connectivity index (χ1v) is 13.2. The van der Waals surface area contributed by atoms with Crippen LogP contribution in [-0.2, 0) is 24.0 Å². The van der Waals surface area contributed by atoms with Crippen LogP contribution in [-0.4, -0.2) is 109 Å². The highest BCUT2D eigenvalue weighted by molar-refractivity contribution is 6.29. The van der Waals surface area contributed by atoms with Gasteiger partial charge in [-0.1, -0.05) is 27.7 Å². The molecular formula is C26H41N5O7. The number of likely N-dealkylation sites (N-methyl/N-ethyl adjacent to an activating group) is 2. The molecule has 1 N–H and O–H groups in total. The van der Waals surface area contributed by atoms with Crippen LogP contribution in [0.3, 0.4) is 0 Å². The third kappa shape index (κ3) is 9.49. The van der Waals surface area contributed by atoms with Gasteiger partial charge in [0.05, 0.1) is 19.7 Å². The highest BCUT2D eigenvalue weighted by Gasteiger charge is 2.39. The number of carbonyl (C=O) groups excluding carboxylic acids is 4. The Kier molecular flexibility index (Phi) is 12.8.